The molecule has 1 atom stereocenters. The first-order valence-corrected chi connectivity index (χ1v) is 9.24. The summed E-state index contributed by atoms with van der Waals surface area (Å²) in [7, 11) is 7.39. The fourth-order valence-corrected chi connectivity index (χ4v) is 3.40. The van der Waals surface area contributed by atoms with E-state index < -0.39 is 0 Å². The van der Waals surface area contributed by atoms with Crippen molar-refractivity contribution in [3.05, 3.63) is 59.4 Å². The minimum Gasteiger partial charge on any atom is -0.497 e. The molecule has 0 aliphatic carbocycles. The summed E-state index contributed by atoms with van der Waals surface area (Å²) < 4.78 is 16.6. The number of quaternary nitrogens is 1. The summed E-state index contributed by atoms with van der Waals surface area (Å²) in [6, 6.07) is 13.4. The first-order chi connectivity index (χ1) is 13.5. The Kier molecular flexibility index (Phi) is 5.90. The number of fused-ring (bicyclic) bond motifs is 1. The van der Waals surface area contributed by atoms with Crippen molar-refractivity contribution in [1.29, 1.82) is 0 Å². The van der Waals surface area contributed by atoms with E-state index in [-0.39, 0.29) is 11.9 Å². The Morgan fingerprint density at radius 3 is 2.57 bits per heavy atom. The number of nitrogens with one attached hydrogen (secondary N) is 2. The third-order valence-corrected chi connectivity index (χ3v) is 5.03. The molecule has 0 saturated carbocycles. The van der Waals surface area contributed by atoms with Gasteiger partial charge in [-0.1, -0.05) is 12.1 Å². The van der Waals surface area contributed by atoms with Crippen LogP contribution in [0, 0.1) is 6.92 Å². The first kappa shape index (κ1) is 19.8. The molecule has 1 aromatic heterocycles. The largest absolute Gasteiger partial charge is 0.497 e. The quantitative estimate of drug-likeness (QED) is 0.658. The van der Waals surface area contributed by atoms with E-state index in [1.807, 2.05) is 49.4 Å². The second kappa shape index (κ2) is 8.35. The van der Waals surface area contributed by atoms with Crippen LogP contribution in [0.4, 0.5) is 0 Å². The van der Waals surface area contributed by atoms with Crippen molar-refractivity contribution in [1.82, 2.24) is 5.32 Å². The van der Waals surface area contributed by atoms with Crippen LogP contribution in [0.3, 0.4) is 0 Å². The van der Waals surface area contributed by atoms with Crippen LogP contribution in [-0.2, 0) is 0 Å². The van der Waals surface area contributed by atoms with Crippen molar-refractivity contribution in [2.24, 2.45) is 0 Å². The zero-order valence-corrected chi connectivity index (χ0v) is 17.0. The molecule has 0 radical (unpaired) electrons. The highest BCUT2D eigenvalue weighted by molar-refractivity contribution is 5.99. The molecule has 0 aliphatic rings. The summed E-state index contributed by atoms with van der Waals surface area (Å²) in [5, 5.41) is 3.90. The van der Waals surface area contributed by atoms with Crippen LogP contribution in [0.25, 0.3) is 11.0 Å². The van der Waals surface area contributed by atoms with Gasteiger partial charge < -0.3 is 24.1 Å². The molecule has 0 saturated heterocycles. The van der Waals surface area contributed by atoms with E-state index in [1.165, 1.54) is 4.90 Å². The van der Waals surface area contributed by atoms with Crippen LogP contribution in [0.1, 0.15) is 27.7 Å². The van der Waals surface area contributed by atoms with Gasteiger partial charge in [0.15, 0.2) is 5.76 Å². The molecule has 0 spiro atoms. The van der Waals surface area contributed by atoms with Gasteiger partial charge in [-0.2, -0.15) is 0 Å². The van der Waals surface area contributed by atoms with Crippen molar-refractivity contribution in [3.8, 4) is 11.5 Å². The molecular formula is C22H27N2O4+. The standard InChI is InChI=1S/C22H26N2O4/c1-14-17-12-15(26-4)10-11-20(17)28-21(14)22(25)23-13-18(24(2)3)16-8-6-7-9-19(16)27-5/h6-12,18H,13H2,1-5H3,(H,23,25)/p+1/t18-/m1/s1. The van der Waals surface area contributed by atoms with Gasteiger partial charge in [-0.15, -0.1) is 0 Å². The Bertz CT molecular complexity index is 978. The second-order valence-electron chi connectivity index (χ2n) is 7.00. The van der Waals surface area contributed by atoms with E-state index >= 15 is 0 Å². The number of methoxy groups -OCH3 is 2. The zero-order chi connectivity index (χ0) is 20.3. The van der Waals surface area contributed by atoms with Crippen LogP contribution in [0.5, 0.6) is 11.5 Å². The fraction of sp³-hybridized carbons (Fsp3) is 0.318. The molecule has 6 heteroatoms. The predicted molar refractivity (Wildman–Crippen MR) is 108 cm³/mol. The smallest absolute Gasteiger partial charge is 0.287 e. The van der Waals surface area contributed by atoms with Crippen LogP contribution >= 0.6 is 0 Å². The van der Waals surface area contributed by atoms with Gasteiger partial charge in [0.25, 0.3) is 5.91 Å². The van der Waals surface area contributed by atoms with E-state index in [0.29, 0.717) is 17.9 Å². The number of aryl methyl sites for hydroxylation is 1. The van der Waals surface area contributed by atoms with E-state index in [4.69, 9.17) is 13.9 Å². The maximum atomic E-state index is 12.8. The summed E-state index contributed by atoms with van der Waals surface area (Å²) in [6.07, 6.45) is 0. The van der Waals surface area contributed by atoms with Gasteiger partial charge in [-0.3, -0.25) is 4.79 Å². The number of para-hydroxylation sites is 1. The lowest BCUT2D eigenvalue weighted by molar-refractivity contribution is -0.890. The minimum atomic E-state index is -0.228. The SMILES string of the molecule is COc1ccc2oc(C(=O)NC[C@H](c3ccccc3OC)[NH+](C)C)c(C)c2c1. The van der Waals surface area contributed by atoms with Crippen LogP contribution in [0.2, 0.25) is 0 Å². The number of furan rings is 1. The molecule has 148 valence electrons. The third kappa shape index (κ3) is 3.82. The van der Waals surface area contributed by atoms with Crippen molar-refractivity contribution in [3.63, 3.8) is 0 Å². The summed E-state index contributed by atoms with van der Waals surface area (Å²) >= 11 is 0. The van der Waals surface area contributed by atoms with Crippen LogP contribution in [-0.4, -0.2) is 40.8 Å². The summed E-state index contributed by atoms with van der Waals surface area (Å²) in [6.45, 7) is 2.34. The van der Waals surface area contributed by atoms with E-state index in [9.17, 15) is 4.79 Å². The Hall–Kier alpha value is -2.99. The van der Waals surface area contributed by atoms with Crippen molar-refractivity contribution in [2.75, 3.05) is 34.9 Å². The molecule has 0 aliphatic heterocycles. The Morgan fingerprint density at radius 2 is 1.89 bits per heavy atom. The lowest BCUT2D eigenvalue weighted by atomic mass is 10.0. The third-order valence-electron chi connectivity index (χ3n) is 5.03. The van der Waals surface area contributed by atoms with E-state index in [2.05, 4.69) is 19.4 Å². The number of amides is 1. The monoisotopic (exact) mass is 383 g/mol. The molecule has 28 heavy (non-hydrogen) atoms. The average Bonchev–Trinajstić information content (AvgIpc) is 3.04. The summed E-state index contributed by atoms with van der Waals surface area (Å²) in [5.74, 6) is 1.65. The molecular weight excluding hydrogens is 356 g/mol. The maximum absolute atomic E-state index is 12.8. The fourth-order valence-electron chi connectivity index (χ4n) is 3.40. The van der Waals surface area contributed by atoms with Gasteiger partial charge in [0, 0.05) is 10.9 Å². The number of hydrogen-bond acceptors (Lipinski definition) is 4. The zero-order valence-electron chi connectivity index (χ0n) is 17.0. The molecule has 0 bridgehead atoms. The number of carbonyl (C=O) groups is 1. The first-order valence-electron chi connectivity index (χ1n) is 9.24. The van der Waals surface area contributed by atoms with Gasteiger partial charge in [0.05, 0.1) is 40.4 Å². The van der Waals surface area contributed by atoms with Gasteiger partial charge in [0.1, 0.15) is 23.1 Å². The Morgan fingerprint density at radius 1 is 1.14 bits per heavy atom. The van der Waals surface area contributed by atoms with Crippen LogP contribution in [0.15, 0.2) is 46.9 Å². The second-order valence-corrected chi connectivity index (χ2v) is 7.00. The van der Waals surface area contributed by atoms with Gasteiger partial charge >= 0.3 is 0 Å². The van der Waals surface area contributed by atoms with Gasteiger partial charge in [-0.25, -0.2) is 0 Å². The van der Waals surface area contributed by atoms with Crippen molar-refractivity contribution < 1.29 is 23.6 Å². The predicted octanol–water partition coefficient (Wildman–Crippen LogP) is 2.37. The molecule has 3 rings (SSSR count). The van der Waals surface area contributed by atoms with E-state index in [1.54, 1.807) is 14.2 Å². The molecule has 0 unspecified atom stereocenters. The number of ether oxygens (including phenoxy) is 2. The number of rotatable bonds is 7. The van der Waals surface area contributed by atoms with Crippen molar-refractivity contribution >= 4 is 16.9 Å². The number of carbonyl (C=O) groups excluding carboxylic acids is 1. The van der Waals surface area contributed by atoms with Crippen LogP contribution < -0.4 is 19.7 Å². The lowest BCUT2D eigenvalue weighted by Gasteiger charge is -2.23. The maximum Gasteiger partial charge on any atom is 0.287 e. The highest BCUT2D eigenvalue weighted by Gasteiger charge is 2.24. The molecule has 3 aromatic rings. The van der Waals surface area contributed by atoms with Gasteiger partial charge in [-0.05, 0) is 37.3 Å². The Labute approximate surface area is 165 Å². The summed E-state index contributed by atoms with van der Waals surface area (Å²) in [4.78, 5) is 14.0. The average molecular weight is 383 g/mol. The molecule has 6 nitrogen and oxygen atoms in total. The lowest BCUT2D eigenvalue weighted by Crippen LogP contribution is -3.07. The minimum absolute atomic E-state index is 0.0462. The molecule has 1 amide bonds. The number of hydrogen-bond donors (Lipinski definition) is 2. The van der Waals surface area contributed by atoms with Crippen molar-refractivity contribution in [2.45, 2.75) is 13.0 Å². The number of likely N-dealkylation sites (N-methyl/N-ethyl adjacent to an activating group) is 1. The molecule has 1 heterocycles. The normalized spacial score (nSPS) is 12.2. The topological polar surface area (TPSA) is 65.1 Å². The highest BCUT2D eigenvalue weighted by Crippen LogP contribution is 2.29. The number of benzene rings is 2. The molecule has 2 N–H and O–H groups in total. The summed E-state index contributed by atoms with van der Waals surface area (Å²) in [5.41, 5.74) is 2.52. The van der Waals surface area contributed by atoms with Gasteiger partial charge in [0.2, 0.25) is 0 Å². The molecule has 0 fully saturated rings. The highest BCUT2D eigenvalue weighted by atomic mass is 16.5. The Balaban J connectivity index is 1.82. The van der Waals surface area contributed by atoms with E-state index in [0.717, 1.165) is 28.0 Å². The molecule has 2 aromatic carbocycles.